The van der Waals surface area contributed by atoms with Gasteiger partial charge < -0.3 is 4.90 Å². The molecular formula is C11H10ClN3O. The topological polar surface area (TPSA) is 56.2 Å². The van der Waals surface area contributed by atoms with Crippen LogP contribution in [-0.4, -0.2) is 16.8 Å². The summed E-state index contributed by atoms with van der Waals surface area (Å²) in [6.07, 6.45) is 0. The van der Waals surface area contributed by atoms with E-state index in [-0.39, 0.29) is 17.6 Å². The van der Waals surface area contributed by atoms with E-state index < -0.39 is 0 Å². The average molecular weight is 236 g/mol. The minimum Gasteiger partial charge on any atom is -0.304 e. The number of benzene rings is 1. The fourth-order valence-corrected chi connectivity index (χ4v) is 1.71. The second kappa shape index (κ2) is 3.98. The molecule has 1 saturated heterocycles. The molecule has 5 heteroatoms. The molecule has 0 bridgehead atoms. The largest absolute Gasteiger partial charge is 0.304 e. The maximum Gasteiger partial charge on any atom is 0.274 e. The Balaban J connectivity index is 2.19. The van der Waals surface area contributed by atoms with Crippen molar-refractivity contribution >= 4 is 23.5 Å². The Labute approximate surface area is 98.0 Å². The van der Waals surface area contributed by atoms with E-state index >= 15 is 0 Å². The van der Waals surface area contributed by atoms with Gasteiger partial charge in [0.15, 0.2) is 0 Å². The van der Waals surface area contributed by atoms with E-state index in [1.807, 2.05) is 12.1 Å². The van der Waals surface area contributed by atoms with E-state index in [1.54, 1.807) is 12.1 Å². The fraction of sp³-hybridized carbons (Fsp3) is 0.0909. The van der Waals surface area contributed by atoms with Crippen molar-refractivity contribution in [2.45, 2.75) is 6.54 Å². The predicted molar refractivity (Wildman–Crippen MR) is 62.0 cm³/mol. The van der Waals surface area contributed by atoms with E-state index in [1.165, 1.54) is 4.90 Å². The summed E-state index contributed by atoms with van der Waals surface area (Å²) in [6.45, 7) is 4.04. The Hall–Kier alpha value is -1.81. The lowest BCUT2D eigenvalue weighted by atomic mass is 10.2. The SMILES string of the molecule is C=C1C(=O)NC(=N)N1Cc1cccc(Cl)c1. The average Bonchev–Trinajstić information content (AvgIpc) is 2.45. The molecule has 2 N–H and O–H groups in total. The first-order valence-corrected chi connectivity index (χ1v) is 5.06. The highest BCUT2D eigenvalue weighted by molar-refractivity contribution is 6.30. The molecule has 1 aliphatic heterocycles. The lowest BCUT2D eigenvalue weighted by Gasteiger charge is -2.16. The van der Waals surface area contributed by atoms with Crippen molar-refractivity contribution in [2.75, 3.05) is 0 Å². The molecule has 82 valence electrons. The highest BCUT2D eigenvalue weighted by atomic mass is 35.5. The Morgan fingerprint density at radius 2 is 2.25 bits per heavy atom. The van der Waals surface area contributed by atoms with E-state index in [0.717, 1.165) is 5.56 Å². The molecule has 0 aromatic heterocycles. The Bertz CT molecular complexity index is 484. The molecule has 16 heavy (non-hydrogen) atoms. The molecule has 0 atom stereocenters. The van der Waals surface area contributed by atoms with Gasteiger partial charge in [0.1, 0.15) is 5.70 Å². The number of hydrogen-bond donors (Lipinski definition) is 2. The molecule has 2 rings (SSSR count). The summed E-state index contributed by atoms with van der Waals surface area (Å²) in [4.78, 5) is 12.7. The first kappa shape index (κ1) is 10.7. The highest BCUT2D eigenvalue weighted by Crippen LogP contribution is 2.17. The molecule has 1 aromatic rings. The van der Waals surface area contributed by atoms with Crippen LogP contribution in [-0.2, 0) is 11.3 Å². The second-order valence-corrected chi connectivity index (χ2v) is 3.90. The number of guanidine groups is 1. The number of nitrogens with zero attached hydrogens (tertiary/aromatic N) is 1. The van der Waals surface area contributed by atoms with Crippen LogP contribution in [0.1, 0.15) is 5.56 Å². The third-order valence-electron chi connectivity index (χ3n) is 2.32. The Kier molecular flexibility index (Phi) is 2.66. The maximum absolute atomic E-state index is 11.2. The zero-order chi connectivity index (χ0) is 11.7. The number of carbonyl (C=O) groups excluding carboxylic acids is 1. The third kappa shape index (κ3) is 1.92. The summed E-state index contributed by atoms with van der Waals surface area (Å²) in [5.41, 5.74) is 1.21. The number of nitrogens with one attached hydrogen (secondary N) is 2. The van der Waals surface area contributed by atoms with Crippen LogP contribution in [0.3, 0.4) is 0 Å². The van der Waals surface area contributed by atoms with Crippen molar-refractivity contribution in [1.82, 2.24) is 10.2 Å². The third-order valence-corrected chi connectivity index (χ3v) is 2.55. The summed E-state index contributed by atoms with van der Waals surface area (Å²) in [7, 11) is 0. The van der Waals surface area contributed by atoms with Crippen LogP contribution in [0.5, 0.6) is 0 Å². The highest BCUT2D eigenvalue weighted by Gasteiger charge is 2.28. The molecule has 1 amide bonds. The zero-order valence-electron chi connectivity index (χ0n) is 8.46. The molecule has 0 unspecified atom stereocenters. The first-order valence-electron chi connectivity index (χ1n) is 4.69. The standard InChI is InChI=1S/C11H10ClN3O/c1-7-10(16)14-11(13)15(7)6-8-3-2-4-9(12)5-8/h2-5H,1,6H2,(H2,13,14,16). The Morgan fingerprint density at radius 1 is 1.50 bits per heavy atom. The minimum atomic E-state index is -0.327. The van der Waals surface area contributed by atoms with Gasteiger partial charge in [-0.15, -0.1) is 0 Å². The molecule has 1 aliphatic rings. The van der Waals surface area contributed by atoms with Crippen LogP contribution in [0.2, 0.25) is 5.02 Å². The first-order chi connectivity index (χ1) is 7.58. The maximum atomic E-state index is 11.2. The van der Waals surface area contributed by atoms with Crippen molar-refractivity contribution < 1.29 is 4.79 Å². The van der Waals surface area contributed by atoms with Gasteiger partial charge in [-0.2, -0.15) is 0 Å². The molecule has 1 aromatic carbocycles. The van der Waals surface area contributed by atoms with Crippen LogP contribution < -0.4 is 5.32 Å². The van der Waals surface area contributed by atoms with Gasteiger partial charge in [-0.1, -0.05) is 30.3 Å². The van der Waals surface area contributed by atoms with Crippen molar-refractivity contribution in [3.63, 3.8) is 0 Å². The fourth-order valence-electron chi connectivity index (χ4n) is 1.50. The van der Waals surface area contributed by atoms with E-state index in [0.29, 0.717) is 11.6 Å². The molecule has 0 radical (unpaired) electrons. The minimum absolute atomic E-state index is 0.0509. The van der Waals surface area contributed by atoms with Crippen molar-refractivity contribution in [3.8, 4) is 0 Å². The van der Waals surface area contributed by atoms with Crippen molar-refractivity contribution in [2.24, 2.45) is 0 Å². The number of hydrogen-bond acceptors (Lipinski definition) is 2. The van der Waals surface area contributed by atoms with E-state index in [9.17, 15) is 4.79 Å². The van der Waals surface area contributed by atoms with Gasteiger partial charge >= 0.3 is 0 Å². The van der Waals surface area contributed by atoms with Gasteiger partial charge in [-0.3, -0.25) is 15.5 Å². The van der Waals surface area contributed by atoms with Gasteiger partial charge in [0, 0.05) is 5.02 Å². The van der Waals surface area contributed by atoms with Gasteiger partial charge in [-0.05, 0) is 17.7 Å². The van der Waals surface area contributed by atoms with Gasteiger partial charge in [0.2, 0.25) is 5.96 Å². The number of carbonyl (C=O) groups is 1. The second-order valence-electron chi connectivity index (χ2n) is 3.47. The van der Waals surface area contributed by atoms with Crippen molar-refractivity contribution in [3.05, 3.63) is 47.1 Å². The summed E-state index contributed by atoms with van der Waals surface area (Å²) < 4.78 is 0. The van der Waals surface area contributed by atoms with Crippen LogP contribution >= 0.6 is 11.6 Å². The predicted octanol–water partition coefficient (Wildman–Crippen LogP) is 1.72. The molecular weight excluding hydrogens is 226 g/mol. The molecule has 0 spiro atoms. The smallest absolute Gasteiger partial charge is 0.274 e. The summed E-state index contributed by atoms with van der Waals surface area (Å²) in [6, 6.07) is 7.29. The summed E-state index contributed by atoms with van der Waals surface area (Å²) >= 11 is 5.85. The molecule has 0 saturated carbocycles. The van der Waals surface area contributed by atoms with E-state index in [2.05, 4.69) is 11.9 Å². The van der Waals surface area contributed by atoms with Crippen LogP contribution in [0.25, 0.3) is 0 Å². The molecule has 4 nitrogen and oxygen atoms in total. The normalized spacial score (nSPS) is 15.6. The summed E-state index contributed by atoms with van der Waals surface area (Å²) in [5, 5.41) is 10.6. The number of rotatable bonds is 2. The number of amides is 1. The van der Waals surface area contributed by atoms with E-state index in [4.69, 9.17) is 17.0 Å². The zero-order valence-corrected chi connectivity index (χ0v) is 9.21. The van der Waals surface area contributed by atoms with Gasteiger partial charge in [0.05, 0.1) is 6.54 Å². The van der Waals surface area contributed by atoms with Crippen molar-refractivity contribution in [1.29, 1.82) is 5.41 Å². The molecule has 0 aliphatic carbocycles. The van der Waals surface area contributed by atoms with Crippen LogP contribution in [0.15, 0.2) is 36.5 Å². The quantitative estimate of drug-likeness (QED) is 0.767. The van der Waals surface area contributed by atoms with Crippen LogP contribution in [0, 0.1) is 5.41 Å². The molecule has 1 fully saturated rings. The van der Waals surface area contributed by atoms with Gasteiger partial charge in [-0.25, -0.2) is 0 Å². The number of halogens is 1. The van der Waals surface area contributed by atoms with Crippen LogP contribution in [0.4, 0.5) is 0 Å². The lowest BCUT2D eigenvalue weighted by molar-refractivity contribution is -0.116. The Morgan fingerprint density at radius 3 is 2.81 bits per heavy atom. The summed E-state index contributed by atoms with van der Waals surface area (Å²) in [5.74, 6) is -0.276. The van der Waals surface area contributed by atoms with Gasteiger partial charge in [0.25, 0.3) is 5.91 Å². The molecule has 1 heterocycles. The monoisotopic (exact) mass is 235 g/mol. The lowest BCUT2D eigenvalue weighted by Crippen LogP contribution is -2.28.